The van der Waals surface area contributed by atoms with Gasteiger partial charge < -0.3 is 11.1 Å². The first kappa shape index (κ1) is 18.3. The lowest BCUT2D eigenvalue weighted by molar-refractivity contribution is -0.120. The summed E-state index contributed by atoms with van der Waals surface area (Å²) in [6, 6.07) is 3.46. The third kappa shape index (κ3) is 4.44. The Hall–Kier alpha value is -1.70. The van der Waals surface area contributed by atoms with Gasteiger partial charge in [-0.15, -0.1) is 24.8 Å². The number of hydrogen-bond donors (Lipinski definition) is 2. The minimum Gasteiger partial charge on any atom is -0.323 e. The van der Waals surface area contributed by atoms with Crippen molar-refractivity contribution in [3.05, 3.63) is 31.0 Å². The van der Waals surface area contributed by atoms with Gasteiger partial charge in [0.05, 0.1) is 17.4 Å². The Morgan fingerprint density at radius 2 is 2.05 bits per heavy atom. The molecule has 0 aromatic carbocycles. The molecule has 20 heavy (non-hydrogen) atoms. The van der Waals surface area contributed by atoms with Crippen molar-refractivity contribution in [2.45, 2.75) is 19.4 Å². The Morgan fingerprint density at radius 3 is 2.50 bits per heavy atom. The van der Waals surface area contributed by atoms with Crippen molar-refractivity contribution < 1.29 is 4.79 Å². The first-order chi connectivity index (χ1) is 8.47. The maximum atomic E-state index is 11.7. The lowest BCUT2D eigenvalue weighted by Crippen LogP contribution is -2.45. The van der Waals surface area contributed by atoms with Gasteiger partial charge in [-0.25, -0.2) is 14.6 Å². The number of nitrogens with zero attached hydrogens (tertiary/aromatic N) is 4. The van der Waals surface area contributed by atoms with Crippen LogP contribution in [-0.4, -0.2) is 31.2 Å². The number of nitrogens with two attached hydrogens (primary N) is 1. The summed E-state index contributed by atoms with van der Waals surface area (Å²) in [4.78, 5) is 19.6. The Kier molecular flexibility index (Phi) is 6.57. The van der Waals surface area contributed by atoms with Gasteiger partial charge in [0.25, 0.3) is 0 Å². The Labute approximate surface area is 128 Å². The van der Waals surface area contributed by atoms with Gasteiger partial charge in [0.2, 0.25) is 5.91 Å². The number of carbonyl (C=O) groups excluding carboxylic acids is 1. The average Bonchev–Trinajstić information content (AvgIpc) is 2.82. The van der Waals surface area contributed by atoms with Gasteiger partial charge in [-0.2, -0.15) is 5.10 Å². The largest absolute Gasteiger partial charge is 0.323 e. The summed E-state index contributed by atoms with van der Waals surface area (Å²) < 4.78 is 1.53. The van der Waals surface area contributed by atoms with Crippen LogP contribution in [-0.2, 0) is 4.79 Å². The van der Waals surface area contributed by atoms with E-state index >= 15 is 0 Å². The Morgan fingerprint density at radius 1 is 1.35 bits per heavy atom. The van der Waals surface area contributed by atoms with Gasteiger partial charge in [-0.3, -0.25) is 4.79 Å². The molecule has 0 aliphatic rings. The summed E-state index contributed by atoms with van der Waals surface area (Å²) in [6.45, 7) is 3.28. The van der Waals surface area contributed by atoms with Crippen molar-refractivity contribution in [2.75, 3.05) is 5.32 Å². The minimum absolute atomic E-state index is 0. The normalized spacial score (nSPS) is 10.2. The summed E-state index contributed by atoms with van der Waals surface area (Å²) in [7, 11) is 0. The van der Waals surface area contributed by atoms with Gasteiger partial charge in [-0.1, -0.05) is 0 Å². The van der Waals surface area contributed by atoms with Crippen LogP contribution in [0.3, 0.4) is 0 Å². The lowest BCUT2D eigenvalue weighted by atomic mass is 10.1. The monoisotopic (exact) mass is 318 g/mol. The quantitative estimate of drug-likeness (QED) is 0.885. The summed E-state index contributed by atoms with van der Waals surface area (Å²) >= 11 is 0. The molecule has 110 valence electrons. The minimum atomic E-state index is -0.926. The fraction of sp³-hybridized carbons (Fsp3) is 0.273. The Balaban J connectivity index is 0.00000180. The van der Waals surface area contributed by atoms with E-state index in [0.29, 0.717) is 11.5 Å². The van der Waals surface area contributed by atoms with E-state index in [9.17, 15) is 4.79 Å². The molecule has 0 radical (unpaired) electrons. The lowest BCUT2D eigenvalue weighted by Gasteiger charge is -2.17. The number of amides is 1. The molecule has 2 rings (SSSR count). The smallest absolute Gasteiger partial charge is 0.243 e. The van der Waals surface area contributed by atoms with Crippen LogP contribution in [0.4, 0.5) is 5.69 Å². The van der Waals surface area contributed by atoms with Crippen LogP contribution in [0, 0.1) is 0 Å². The van der Waals surface area contributed by atoms with Gasteiger partial charge >= 0.3 is 0 Å². The second kappa shape index (κ2) is 7.18. The molecule has 2 aromatic heterocycles. The number of carbonyl (C=O) groups is 1. The number of halogens is 2. The highest BCUT2D eigenvalue weighted by molar-refractivity contribution is 5.97. The fourth-order valence-corrected chi connectivity index (χ4v) is 1.21. The van der Waals surface area contributed by atoms with Crippen molar-refractivity contribution in [1.29, 1.82) is 0 Å². The second-order valence-electron chi connectivity index (χ2n) is 4.42. The molecule has 2 heterocycles. The highest BCUT2D eigenvalue weighted by Crippen LogP contribution is 2.10. The number of nitrogens with one attached hydrogen (secondary N) is 1. The topological polar surface area (TPSA) is 98.7 Å². The van der Waals surface area contributed by atoms with Crippen LogP contribution in [0.15, 0.2) is 31.0 Å². The molecule has 0 bridgehead atoms. The standard InChI is InChI=1S/C11H14N6O.2ClH/c1-11(2,12)10(18)16-8-3-4-9(14-5-8)17-7-13-6-15-17;;/h3-7H,12H2,1-2H3,(H,16,18);2*1H. The molecule has 0 aliphatic carbocycles. The van der Waals surface area contributed by atoms with Gasteiger partial charge in [0.15, 0.2) is 5.82 Å². The molecule has 9 heteroatoms. The SMILES string of the molecule is CC(C)(N)C(=O)Nc1ccc(-n2cncn2)nc1.Cl.Cl. The molecule has 0 saturated carbocycles. The van der Waals surface area contributed by atoms with E-state index < -0.39 is 5.54 Å². The zero-order chi connectivity index (χ0) is 13.2. The van der Waals surface area contributed by atoms with Crippen LogP contribution >= 0.6 is 24.8 Å². The van der Waals surface area contributed by atoms with E-state index in [2.05, 4.69) is 20.4 Å². The third-order valence-electron chi connectivity index (χ3n) is 2.24. The summed E-state index contributed by atoms with van der Waals surface area (Å²) in [5.74, 6) is 0.357. The molecular formula is C11H16Cl2N6O. The highest BCUT2D eigenvalue weighted by Gasteiger charge is 2.21. The first-order valence-electron chi connectivity index (χ1n) is 5.38. The molecule has 0 fully saturated rings. The maximum absolute atomic E-state index is 11.7. The molecule has 0 atom stereocenters. The zero-order valence-corrected chi connectivity index (χ0v) is 12.6. The van der Waals surface area contributed by atoms with E-state index in [1.165, 1.54) is 11.0 Å². The molecule has 0 spiro atoms. The summed E-state index contributed by atoms with van der Waals surface area (Å²) in [6.07, 6.45) is 4.51. The number of aromatic nitrogens is 4. The van der Waals surface area contributed by atoms with E-state index in [0.717, 1.165) is 0 Å². The molecule has 0 saturated heterocycles. The number of rotatable bonds is 3. The fourth-order valence-electron chi connectivity index (χ4n) is 1.21. The Bertz CT molecular complexity index is 535. The van der Waals surface area contributed by atoms with Crippen molar-refractivity contribution in [1.82, 2.24) is 19.7 Å². The zero-order valence-electron chi connectivity index (χ0n) is 11.0. The molecular weight excluding hydrogens is 303 g/mol. The van der Waals surface area contributed by atoms with E-state index in [4.69, 9.17) is 5.73 Å². The molecule has 0 unspecified atom stereocenters. The summed E-state index contributed by atoms with van der Waals surface area (Å²) in [5.41, 5.74) is 5.34. The van der Waals surface area contributed by atoms with Gasteiger partial charge in [0, 0.05) is 0 Å². The van der Waals surface area contributed by atoms with Gasteiger partial charge in [-0.05, 0) is 26.0 Å². The summed E-state index contributed by atoms with van der Waals surface area (Å²) in [5, 5.41) is 6.63. The predicted molar refractivity (Wildman–Crippen MR) is 80.5 cm³/mol. The van der Waals surface area contributed by atoms with Crippen LogP contribution in [0.5, 0.6) is 0 Å². The van der Waals surface area contributed by atoms with E-state index in [1.54, 1.807) is 38.5 Å². The van der Waals surface area contributed by atoms with Crippen LogP contribution < -0.4 is 11.1 Å². The van der Waals surface area contributed by atoms with E-state index in [-0.39, 0.29) is 30.7 Å². The van der Waals surface area contributed by atoms with Gasteiger partial charge in [0.1, 0.15) is 12.7 Å². The number of anilines is 1. The molecule has 1 amide bonds. The van der Waals surface area contributed by atoms with Crippen molar-refractivity contribution in [3.8, 4) is 5.82 Å². The average molecular weight is 319 g/mol. The van der Waals surface area contributed by atoms with Crippen LogP contribution in [0.1, 0.15) is 13.8 Å². The van der Waals surface area contributed by atoms with Crippen molar-refractivity contribution >= 4 is 36.4 Å². The number of pyridine rings is 1. The number of hydrogen-bond acceptors (Lipinski definition) is 5. The maximum Gasteiger partial charge on any atom is 0.243 e. The highest BCUT2D eigenvalue weighted by atomic mass is 35.5. The first-order valence-corrected chi connectivity index (χ1v) is 5.38. The van der Waals surface area contributed by atoms with E-state index in [1.807, 2.05) is 0 Å². The molecule has 3 N–H and O–H groups in total. The third-order valence-corrected chi connectivity index (χ3v) is 2.24. The van der Waals surface area contributed by atoms with Crippen LogP contribution in [0.2, 0.25) is 0 Å². The second-order valence-corrected chi connectivity index (χ2v) is 4.42. The van der Waals surface area contributed by atoms with Crippen molar-refractivity contribution in [2.24, 2.45) is 5.73 Å². The van der Waals surface area contributed by atoms with Crippen LogP contribution in [0.25, 0.3) is 5.82 Å². The van der Waals surface area contributed by atoms with Crippen molar-refractivity contribution in [3.63, 3.8) is 0 Å². The molecule has 7 nitrogen and oxygen atoms in total. The molecule has 2 aromatic rings. The predicted octanol–water partition coefficient (Wildman–Crippen LogP) is 1.18. The molecule has 0 aliphatic heterocycles.